The van der Waals surface area contributed by atoms with Gasteiger partial charge in [-0.25, -0.2) is 0 Å². The topological polar surface area (TPSA) is 48.7 Å². The van der Waals surface area contributed by atoms with Crippen molar-refractivity contribution in [3.63, 3.8) is 0 Å². The SMILES string of the molecule is Cc1ccc(NC(=O)c2ccc(CSc3ccccc3)o2)cc1N1CCC(N(C)C)C1. The Morgan fingerprint density at radius 2 is 1.97 bits per heavy atom. The summed E-state index contributed by atoms with van der Waals surface area (Å²) in [6.07, 6.45) is 1.15. The van der Waals surface area contributed by atoms with Gasteiger partial charge in [-0.15, -0.1) is 11.8 Å². The molecule has 0 saturated carbocycles. The maximum Gasteiger partial charge on any atom is 0.291 e. The first kappa shape index (κ1) is 21.5. The maximum absolute atomic E-state index is 12.7. The summed E-state index contributed by atoms with van der Waals surface area (Å²) >= 11 is 1.69. The molecule has 0 spiro atoms. The molecule has 162 valence electrons. The molecule has 1 aliphatic rings. The van der Waals surface area contributed by atoms with Crippen LogP contribution >= 0.6 is 11.8 Å². The number of nitrogens with zero attached hydrogens (tertiary/aromatic N) is 2. The zero-order chi connectivity index (χ0) is 21.8. The van der Waals surface area contributed by atoms with Crippen molar-refractivity contribution in [1.82, 2.24) is 4.90 Å². The number of carbonyl (C=O) groups is 1. The molecule has 1 aromatic heterocycles. The normalized spacial score (nSPS) is 16.1. The Balaban J connectivity index is 1.39. The Kier molecular flexibility index (Phi) is 6.68. The molecular weight excluding hydrogens is 406 g/mol. The number of thioether (sulfide) groups is 1. The summed E-state index contributed by atoms with van der Waals surface area (Å²) in [6, 6.07) is 20.4. The number of hydrogen-bond donors (Lipinski definition) is 1. The molecule has 4 rings (SSSR count). The maximum atomic E-state index is 12.7. The number of benzene rings is 2. The van der Waals surface area contributed by atoms with Crippen molar-refractivity contribution in [3.05, 3.63) is 77.7 Å². The second kappa shape index (κ2) is 9.62. The lowest BCUT2D eigenvalue weighted by Gasteiger charge is -2.24. The number of aryl methyl sites for hydroxylation is 1. The monoisotopic (exact) mass is 435 g/mol. The fourth-order valence-corrected chi connectivity index (χ4v) is 4.67. The van der Waals surface area contributed by atoms with Crippen molar-refractivity contribution in [2.75, 3.05) is 37.4 Å². The van der Waals surface area contributed by atoms with Crippen LogP contribution in [0.25, 0.3) is 0 Å². The Morgan fingerprint density at radius 3 is 2.71 bits per heavy atom. The molecule has 31 heavy (non-hydrogen) atoms. The Hall–Kier alpha value is -2.70. The number of nitrogens with one attached hydrogen (secondary N) is 1. The minimum absolute atomic E-state index is 0.224. The van der Waals surface area contributed by atoms with Crippen molar-refractivity contribution in [2.45, 2.75) is 30.0 Å². The van der Waals surface area contributed by atoms with Gasteiger partial charge in [0.1, 0.15) is 5.76 Å². The Labute approximate surface area is 188 Å². The van der Waals surface area contributed by atoms with Gasteiger partial charge in [0.2, 0.25) is 0 Å². The van der Waals surface area contributed by atoms with Crippen LogP contribution in [0.2, 0.25) is 0 Å². The second-order valence-electron chi connectivity index (χ2n) is 8.18. The van der Waals surface area contributed by atoms with E-state index in [1.54, 1.807) is 17.8 Å². The summed E-state index contributed by atoms with van der Waals surface area (Å²) in [5.74, 6) is 1.59. The highest BCUT2D eigenvalue weighted by atomic mass is 32.2. The van der Waals surface area contributed by atoms with Crippen LogP contribution in [0.5, 0.6) is 0 Å². The number of hydrogen-bond acceptors (Lipinski definition) is 5. The molecule has 1 amide bonds. The van der Waals surface area contributed by atoms with E-state index in [1.807, 2.05) is 30.3 Å². The quantitative estimate of drug-likeness (QED) is 0.512. The van der Waals surface area contributed by atoms with Gasteiger partial charge in [-0.3, -0.25) is 4.79 Å². The van der Waals surface area contributed by atoms with Crippen molar-refractivity contribution >= 4 is 29.0 Å². The summed E-state index contributed by atoms with van der Waals surface area (Å²) in [4.78, 5) is 18.6. The van der Waals surface area contributed by atoms with E-state index in [1.165, 1.54) is 16.1 Å². The van der Waals surface area contributed by atoms with Crippen molar-refractivity contribution in [1.29, 1.82) is 0 Å². The minimum atomic E-state index is -0.224. The predicted octanol–water partition coefficient (Wildman–Crippen LogP) is 5.27. The highest BCUT2D eigenvalue weighted by Gasteiger charge is 2.25. The largest absolute Gasteiger partial charge is 0.455 e. The van der Waals surface area contributed by atoms with Crippen LogP contribution < -0.4 is 10.2 Å². The molecule has 0 radical (unpaired) electrons. The van der Waals surface area contributed by atoms with Gasteiger partial charge < -0.3 is 19.5 Å². The fraction of sp³-hybridized carbons (Fsp3) is 0.320. The molecule has 1 aliphatic heterocycles. The van der Waals surface area contributed by atoms with Crippen molar-refractivity contribution < 1.29 is 9.21 Å². The lowest BCUT2D eigenvalue weighted by Crippen LogP contribution is -2.31. The first-order valence-electron chi connectivity index (χ1n) is 10.6. The predicted molar refractivity (Wildman–Crippen MR) is 128 cm³/mol. The number of likely N-dealkylation sites (N-methyl/N-ethyl adjacent to an activating group) is 1. The minimum Gasteiger partial charge on any atom is -0.455 e. The standard InChI is InChI=1S/C25H29N3O2S/c1-18-9-10-19(15-23(18)28-14-13-20(16-28)27(2)3)26-25(29)24-12-11-21(30-24)17-31-22-7-5-4-6-8-22/h4-12,15,20H,13-14,16-17H2,1-3H3,(H,26,29). The average molecular weight is 436 g/mol. The van der Waals surface area contributed by atoms with E-state index < -0.39 is 0 Å². The molecule has 1 N–H and O–H groups in total. The third-order valence-electron chi connectivity index (χ3n) is 5.71. The van der Waals surface area contributed by atoms with Crippen molar-refractivity contribution in [2.24, 2.45) is 0 Å². The molecule has 1 atom stereocenters. The molecule has 1 fully saturated rings. The molecule has 2 heterocycles. The number of carbonyl (C=O) groups excluding carboxylic acids is 1. The molecule has 1 unspecified atom stereocenters. The Bertz CT molecular complexity index is 1030. The van der Waals surface area contributed by atoms with Gasteiger partial charge in [0, 0.05) is 35.4 Å². The molecule has 3 aromatic rings. The van der Waals surface area contributed by atoms with E-state index in [2.05, 4.69) is 60.4 Å². The van der Waals surface area contributed by atoms with E-state index in [9.17, 15) is 4.79 Å². The summed E-state index contributed by atoms with van der Waals surface area (Å²) < 4.78 is 5.78. The van der Waals surface area contributed by atoms with E-state index in [0.29, 0.717) is 17.6 Å². The molecule has 0 bridgehead atoms. The smallest absolute Gasteiger partial charge is 0.291 e. The molecule has 6 heteroatoms. The van der Waals surface area contributed by atoms with Crippen LogP contribution in [0, 0.1) is 6.92 Å². The number of furan rings is 1. The zero-order valence-corrected chi connectivity index (χ0v) is 19.1. The van der Waals surface area contributed by atoms with Gasteiger partial charge >= 0.3 is 0 Å². The van der Waals surface area contributed by atoms with Crippen molar-refractivity contribution in [3.8, 4) is 0 Å². The highest BCUT2D eigenvalue weighted by molar-refractivity contribution is 7.98. The van der Waals surface area contributed by atoms with Crippen LogP contribution in [-0.2, 0) is 5.75 Å². The van der Waals surface area contributed by atoms with Crippen LogP contribution in [0.1, 0.15) is 28.3 Å². The zero-order valence-electron chi connectivity index (χ0n) is 18.3. The molecule has 1 saturated heterocycles. The number of anilines is 2. The lowest BCUT2D eigenvalue weighted by atomic mass is 10.1. The van der Waals surface area contributed by atoms with Gasteiger partial charge in [-0.05, 0) is 69.4 Å². The molecule has 2 aromatic carbocycles. The van der Waals surface area contributed by atoms with Crippen LogP contribution in [0.3, 0.4) is 0 Å². The molecule has 0 aliphatic carbocycles. The third-order valence-corrected chi connectivity index (χ3v) is 6.75. The summed E-state index contributed by atoms with van der Waals surface area (Å²) in [5, 5.41) is 2.99. The van der Waals surface area contributed by atoms with E-state index in [0.717, 1.165) is 31.0 Å². The summed E-state index contributed by atoms with van der Waals surface area (Å²) in [7, 11) is 4.27. The molecular formula is C25H29N3O2S. The molecule has 5 nitrogen and oxygen atoms in total. The first-order chi connectivity index (χ1) is 15.0. The van der Waals surface area contributed by atoms with E-state index in [-0.39, 0.29) is 5.91 Å². The fourth-order valence-electron chi connectivity index (χ4n) is 3.85. The van der Waals surface area contributed by atoms with Crippen LogP contribution in [0.15, 0.2) is 70.0 Å². The average Bonchev–Trinajstić information content (AvgIpc) is 3.44. The van der Waals surface area contributed by atoms with Gasteiger partial charge in [-0.2, -0.15) is 0 Å². The summed E-state index contributed by atoms with van der Waals surface area (Å²) in [6.45, 7) is 4.15. The van der Waals surface area contributed by atoms with Crippen LogP contribution in [-0.4, -0.2) is 44.0 Å². The highest BCUT2D eigenvalue weighted by Crippen LogP contribution is 2.29. The summed E-state index contributed by atoms with van der Waals surface area (Å²) in [5.41, 5.74) is 3.19. The van der Waals surface area contributed by atoms with E-state index in [4.69, 9.17) is 4.42 Å². The Morgan fingerprint density at radius 1 is 1.16 bits per heavy atom. The van der Waals surface area contributed by atoms with E-state index >= 15 is 0 Å². The van der Waals surface area contributed by atoms with Gasteiger partial charge in [-0.1, -0.05) is 24.3 Å². The van der Waals surface area contributed by atoms with Gasteiger partial charge in [0.15, 0.2) is 5.76 Å². The first-order valence-corrected chi connectivity index (χ1v) is 11.6. The lowest BCUT2D eigenvalue weighted by molar-refractivity contribution is 0.0995. The van der Waals surface area contributed by atoms with Crippen LogP contribution in [0.4, 0.5) is 11.4 Å². The number of rotatable bonds is 7. The third kappa shape index (κ3) is 5.32. The van der Waals surface area contributed by atoms with Gasteiger partial charge in [0.05, 0.1) is 5.75 Å². The second-order valence-corrected chi connectivity index (χ2v) is 9.22. The number of amides is 1. The van der Waals surface area contributed by atoms with Gasteiger partial charge in [0.25, 0.3) is 5.91 Å².